The molecule has 0 bridgehead atoms. The Morgan fingerprint density at radius 1 is 0.867 bits per heavy atom. The van der Waals surface area contributed by atoms with Crippen LogP contribution in [-0.4, -0.2) is 41.7 Å². The summed E-state index contributed by atoms with van der Waals surface area (Å²) in [6.45, 7) is -0.131. The van der Waals surface area contributed by atoms with Gasteiger partial charge in [-0.3, -0.25) is 24.1 Å². The van der Waals surface area contributed by atoms with Crippen molar-refractivity contribution in [3.05, 3.63) is 118 Å². The number of ketones is 2. The number of carbonyl (C=O) groups excluding carboxylic acids is 4. The van der Waals surface area contributed by atoms with Gasteiger partial charge in [0.15, 0.2) is 11.6 Å². The Morgan fingerprint density at radius 2 is 1.58 bits per heavy atom. The van der Waals surface area contributed by atoms with Crippen LogP contribution in [0.5, 0.6) is 5.75 Å². The van der Waals surface area contributed by atoms with Crippen LogP contribution in [0.1, 0.15) is 24.3 Å². The molecule has 0 aromatic heterocycles. The van der Waals surface area contributed by atoms with E-state index in [1.54, 1.807) is 24.3 Å². The molecule has 4 unspecified atom stereocenters. The molecule has 4 atom stereocenters. The van der Waals surface area contributed by atoms with Crippen LogP contribution in [0.15, 0.2) is 112 Å². The number of hydrogen-bond donors (Lipinski definition) is 2. The quantitative estimate of drug-likeness (QED) is 0.187. The second kappa shape index (κ2) is 11.7. The molecule has 3 aromatic carbocycles. The van der Waals surface area contributed by atoms with Crippen LogP contribution in [0.25, 0.3) is 0 Å². The van der Waals surface area contributed by atoms with Gasteiger partial charge in [0.2, 0.25) is 11.8 Å². The number of nitrogens with zero attached hydrogens (tertiary/aromatic N) is 1. The molecule has 2 amide bonds. The van der Waals surface area contributed by atoms with Gasteiger partial charge in [-0.05, 0) is 77.2 Å². The minimum absolute atomic E-state index is 0.0583. The fraction of sp³-hybridized carbons (Fsp3) is 0.222. The number of Topliss-reactive ketones (excluding diaryl/α,β-unsaturated/α-hetero) is 1. The molecular formula is C36H29BrN2O6. The number of nitrogens with one attached hydrogen (secondary N) is 1. The lowest BCUT2D eigenvalue weighted by Gasteiger charge is -2.42. The highest BCUT2D eigenvalue weighted by Crippen LogP contribution is 2.56. The first kappa shape index (κ1) is 29.1. The molecule has 2 N–H and O–H groups in total. The maximum Gasteiger partial charge on any atom is 0.238 e. The minimum Gasteiger partial charge on any atom is -0.491 e. The third-order valence-electron chi connectivity index (χ3n) is 9.10. The number of ether oxygens (including phenoxy) is 1. The maximum absolute atomic E-state index is 14.2. The first-order chi connectivity index (χ1) is 21.9. The summed E-state index contributed by atoms with van der Waals surface area (Å²) in [6.07, 6.45) is 3.81. The number of benzene rings is 3. The van der Waals surface area contributed by atoms with Gasteiger partial charge in [-0.2, -0.15) is 0 Å². The largest absolute Gasteiger partial charge is 0.491 e. The molecule has 1 aliphatic heterocycles. The van der Waals surface area contributed by atoms with Crippen LogP contribution in [0.4, 0.5) is 17.1 Å². The minimum atomic E-state index is -0.686. The molecule has 9 heteroatoms. The molecule has 4 aliphatic rings. The predicted octanol–water partition coefficient (Wildman–Crippen LogP) is 5.77. The van der Waals surface area contributed by atoms with Crippen molar-refractivity contribution >= 4 is 56.4 Å². The summed E-state index contributed by atoms with van der Waals surface area (Å²) >= 11 is 3.27. The van der Waals surface area contributed by atoms with Crippen molar-refractivity contribution in [1.29, 1.82) is 0 Å². The molecule has 1 heterocycles. The zero-order valence-corrected chi connectivity index (χ0v) is 25.7. The fourth-order valence-electron chi connectivity index (χ4n) is 7.20. The van der Waals surface area contributed by atoms with Crippen molar-refractivity contribution in [2.24, 2.45) is 17.8 Å². The molecule has 7 rings (SSSR count). The van der Waals surface area contributed by atoms with Gasteiger partial charge in [0.05, 0.1) is 28.6 Å². The van der Waals surface area contributed by atoms with Crippen LogP contribution in [0, 0.1) is 17.8 Å². The lowest BCUT2D eigenvalue weighted by Crippen LogP contribution is -2.39. The fourth-order valence-corrected chi connectivity index (χ4v) is 7.65. The Bertz CT molecular complexity index is 1830. The number of rotatable bonds is 7. The average Bonchev–Trinajstić information content (AvgIpc) is 3.32. The highest BCUT2D eigenvalue weighted by atomic mass is 79.9. The molecule has 226 valence electrons. The van der Waals surface area contributed by atoms with Crippen LogP contribution < -0.4 is 15.0 Å². The number of aliphatic hydroxyl groups is 1. The third kappa shape index (κ3) is 4.96. The van der Waals surface area contributed by atoms with Crippen LogP contribution in [0.3, 0.4) is 0 Å². The second-order valence-electron chi connectivity index (χ2n) is 11.6. The summed E-state index contributed by atoms with van der Waals surface area (Å²) in [5.41, 5.74) is 4.48. The van der Waals surface area contributed by atoms with Crippen molar-refractivity contribution in [1.82, 2.24) is 0 Å². The van der Waals surface area contributed by atoms with Gasteiger partial charge >= 0.3 is 0 Å². The van der Waals surface area contributed by atoms with Gasteiger partial charge in [-0.25, -0.2) is 0 Å². The monoisotopic (exact) mass is 664 g/mol. The highest BCUT2D eigenvalue weighted by molar-refractivity contribution is 9.12. The number of para-hydroxylation sites is 2. The SMILES string of the molecule is O=C1C=C(Br)C(=O)C2=C1C(c1ccccc1OCCO)C1=CCC3C(=O)N(c4ccc(Nc5ccccc5)cc4)C(=O)C3C1C2. The summed E-state index contributed by atoms with van der Waals surface area (Å²) in [5.74, 6) is -3.02. The van der Waals surface area contributed by atoms with Gasteiger partial charge in [-0.1, -0.05) is 48.0 Å². The zero-order valence-electron chi connectivity index (χ0n) is 24.1. The summed E-state index contributed by atoms with van der Waals surface area (Å²) in [6, 6.07) is 24.2. The number of imide groups is 1. The lowest BCUT2D eigenvalue weighted by molar-refractivity contribution is -0.123. The molecule has 1 fully saturated rings. The number of aliphatic hydroxyl groups excluding tert-OH is 1. The number of allylic oxidation sites excluding steroid dienone is 6. The number of anilines is 3. The molecule has 0 radical (unpaired) electrons. The van der Waals surface area contributed by atoms with E-state index in [0.29, 0.717) is 34.6 Å². The van der Waals surface area contributed by atoms with E-state index in [4.69, 9.17) is 4.74 Å². The number of carbonyl (C=O) groups is 4. The van der Waals surface area contributed by atoms with E-state index in [0.717, 1.165) is 16.9 Å². The Labute approximate surface area is 268 Å². The lowest BCUT2D eigenvalue weighted by atomic mass is 9.59. The van der Waals surface area contributed by atoms with Crippen LogP contribution in [0.2, 0.25) is 0 Å². The molecule has 45 heavy (non-hydrogen) atoms. The van der Waals surface area contributed by atoms with Gasteiger partial charge in [0.1, 0.15) is 12.4 Å². The first-order valence-corrected chi connectivity index (χ1v) is 15.7. The summed E-state index contributed by atoms with van der Waals surface area (Å²) < 4.78 is 6.05. The van der Waals surface area contributed by atoms with Gasteiger partial charge < -0.3 is 15.2 Å². The van der Waals surface area contributed by atoms with Crippen LogP contribution >= 0.6 is 15.9 Å². The van der Waals surface area contributed by atoms with Crippen molar-refractivity contribution < 1.29 is 29.0 Å². The topological polar surface area (TPSA) is 113 Å². The molecule has 0 spiro atoms. The van der Waals surface area contributed by atoms with Crippen molar-refractivity contribution in [3.63, 3.8) is 0 Å². The Hall–Kier alpha value is -4.60. The maximum atomic E-state index is 14.2. The third-order valence-corrected chi connectivity index (χ3v) is 9.69. The second-order valence-corrected chi connectivity index (χ2v) is 12.4. The van der Waals surface area contributed by atoms with E-state index in [9.17, 15) is 24.3 Å². The van der Waals surface area contributed by atoms with E-state index >= 15 is 0 Å². The molecule has 0 saturated carbocycles. The highest BCUT2D eigenvalue weighted by Gasteiger charge is 2.56. The van der Waals surface area contributed by atoms with E-state index in [1.807, 2.05) is 60.7 Å². The van der Waals surface area contributed by atoms with Crippen molar-refractivity contribution in [2.75, 3.05) is 23.4 Å². The van der Waals surface area contributed by atoms with E-state index in [1.165, 1.54) is 11.0 Å². The van der Waals surface area contributed by atoms with E-state index in [2.05, 4.69) is 21.2 Å². The first-order valence-electron chi connectivity index (χ1n) is 14.9. The molecule has 1 saturated heterocycles. The summed E-state index contributed by atoms with van der Waals surface area (Å²) in [4.78, 5) is 56.4. The van der Waals surface area contributed by atoms with Crippen molar-refractivity contribution in [3.8, 4) is 5.75 Å². The molecule has 3 aromatic rings. The van der Waals surface area contributed by atoms with E-state index < -0.39 is 23.7 Å². The average molecular weight is 666 g/mol. The number of fused-ring (bicyclic) bond motifs is 3. The number of halogens is 1. The standard InChI is InChI=1S/C36H29BrN2O6/c37-28-19-29(41)33-27(34(28)42)18-26-23(31(33)24-8-4-5-9-30(24)45-17-16-40)14-15-25-32(26)36(44)39(35(25)43)22-12-10-21(11-13-22)38-20-6-2-1-3-7-20/h1-14,19,25-26,31-32,38,40H,15-18H2. The van der Waals surface area contributed by atoms with Gasteiger partial charge in [0.25, 0.3) is 0 Å². The Morgan fingerprint density at radius 3 is 2.33 bits per heavy atom. The molecule has 8 nitrogen and oxygen atoms in total. The van der Waals surface area contributed by atoms with Gasteiger partial charge in [-0.15, -0.1) is 0 Å². The Kier molecular flexibility index (Phi) is 7.59. The smallest absolute Gasteiger partial charge is 0.238 e. The zero-order chi connectivity index (χ0) is 31.2. The predicted molar refractivity (Wildman–Crippen MR) is 172 cm³/mol. The van der Waals surface area contributed by atoms with Gasteiger partial charge in [0, 0.05) is 40.1 Å². The molecule has 3 aliphatic carbocycles. The summed E-state index contributed by atoms with van der Waals surface area (Å²) in [5, 5.41) is 12.7. The van der Waals surface area contributed by atoms with Crippen LogP contribution in [-0.2, 0) is 19.2 Å². The van der Waals surface area contributed by atoms with Crippen molar-refractivity contribution in [2.45, 2.75) is 18.8 Å². The number of amides is 2. The summed E-state index contributed by atoms with van der Waals surface area (Å²) in [7, 11) is 0. The number of hydrogen-bond acceptors (Lipinski definition) is 7. The van der Waals surface area contributed by atoms with E-state index in [-0.39, 0.29) is 47.5 Å². The Balaban J connectivity index is 1.26. The normalized spacial score (nSPS) is 24.1. The molecular weight excluding hydrogens is 636 g/mol.